The number of nitrogens with one attached hydrogen (secondary N) is 2. The average Bonchev–Trinajstić information content (AvgIpc) is 2.68. The number of benzene rings is 1. The molecule has 1 aromatic carbocycles. The van der Waals surface area contributed by atoms with Crippen LogP contribution in [0.25, 0.3) is 11.0 Å². The van der Waals surface area contributed by atoms with E-state index in [1.54, 1.807) is 0 Å². The lowest BCUT2D eigenvalue weighted by Crippen LogP contribution is -2.28. The van der Waals surface area contributed by atoms with Gasteiger partial charge in [-0.3, -0.25) is 0 Å². The Bertz CT molecular complexity index is 495. The molecule has 4 N–H and O–H groups in total. The zero-order valence-corrected chi connectivity index (χ0v) is 9.77. The molecule has 0 saturated carbocycles. The minimum absolute atomic E-state index is 0.216. The first kappa shape index (κ1) is 12.0. The van der Waals surface area contributed by atoms with E-state index in [1.807, 2.05) is 25.1 Å². The second-order valence-electron chi connectivity index (χ2n) is 4.14. The second kappa shape index (κ2) is 5.27. The molecule has 0 radical (unpaired) electrons. The maximum atomic E-state index is 9.18. The molecule has 1 atom stereocenters. The largest absolute Gasteiger partial charge is 0.394 e. The van der Waals surface area contributed by atoms with E-state index in [4.69, 9.17) is 5.11 Å². The van der Waals surface area contributed by atoms with Crippen molar-refractivity contribution in [2.45, 2.75) is 19.6 Å². The average molecular weight is 235 g/mol. The number of aryl methyl sites for hydroxylation is 1. The van der Waals surface area contributed by atoms with Crippen LogP contribution < -0.4 is 5.32 Å². The molecular formula is C12H17N3O2. The predicted octanol–water partition coefficient (Wildman–Crippen LogP) is 0.314. The van der Waals surface area contributed by atoms with E-state index in [-0.39, 0.29) is 6.61 Å². The summed E-state index contributed by atoms with van der Waals surface area (Å²) in [6, 6.07) is 6.01. The lowest BCUT2D eigenvalue weighted by molar-refractivity contribution is 0.0942. The van der Waals surface area contributed by atoms with Crippen molar-refractivity contribution in [3.8, 4) is 0 Å². The van der Waals surface area contributed by atoms with Gasteiger partial charge in [-0.05, 0) is 24.6 Å². The van der Waals surface area contributed by atoms with Gasteiger partial charge in [-0.15, -0.1) is 0 Å². The smallest absolute Gasteiger partial charge is 0.104 e. The Morgan fingerprint density at radius 3 is 3.06 bits per heavy atom. The number of aromatic nitrogens is 2. The summed E-state index contributed by atoms with van der Waals surface area (Å²) in [5, 5.41) is 20.9. The number of fused-ring (bicyclic) bond motifs is 1. The summed E-state index contributed by atoms with van der Waals surface area (Å²) in [7, 11) is 0. The molecule has 17 heavy (non-hydrogen) atoms. The summed E-state index contributed by atoms with van der Waals surface area (Å²) in [4.78, 5) is 7.51. The molecule has 0 bridgehead atoms. The number of aromatic amines is 1. The van der Waals surface area contributed by atoms with Gasteiger partial charge >= 0.3 is 0 Å². The van der Waals surface area contributed by atoms with Crippen molar-refractivity contribution in [1.29, 1.82) is 0 Å². The van der Waals surface area contributed by atoms with Gasteiger partial charge in [-0.1, -0.05) is 6.07 Å². The third-order valence-corrected chi connectivity index (χ3v) is 2.58. The molecular weight excluding hydrogens is 218 g/mol. The molecule has 0 fully saturated rings. The summed E-state index contributed by atoms with van der Waals surface area (Å²) in [6.45, 7) is 2.75. The number of rotatable bonds is 5. The Kier molecular flexibility index (Phi) is 3.73. The lowest BCUT2D eigenvalue weighted by atomic mass is 10.2. The van der Waals surface area contributed by atoms with E-state index in [1.165, 1.54) is 0 Å². The Morgan fingerprint density at radius 1 is 1.47 bits per heavy atom. The van der Waals surface area contributed by atoms with Crippen molar-refractivity contribution in [1.82, 2.24) is 15.3 Å². The number of imidazole rings is 1. The van der Waals surface area contributed by atoms with Crippen LogP contribution in [0.4, 0.5) is 0 Å². The Balaban J connectivity index is 1.99. The van der Waals surface area contributed by atoms with Crippen molar-refractivity contribution in [3.05, 3.63) is 29.6 Å². The van der Waals surface area contributed by atoms with Crippen LogP contribution in [0.3, 0.4) is 0 Å². The summed E-state index contributed by atoms with van der Waals surface area (Å²) >= 11 is 0. The van der Waals surface area contributed by atoms with Gasteiger partial charge in [0.1, 0.15) is 5.82 Å². The second-order valence-corrected chi connectivity index (χ2v) is 4.14. The topological polar surface area (TPSA) is 81.2 Å². The van der Waals surface area contributed by atoms with Crippen LogP contribution >= 0.6 is 0 Å². The Labute approximate surface area is 99.5 Å². The van der Waals surface area contributed by atoms with Gasteiger partial charge in [0.25, 0.3) is 0 Å². The Hall–Kier alpha value is -1.43. The van der Waals surface area contributed by atoms with E-state index in [0.29, 0.717) is 13.1 Å². The minimum atomic E-state index is -0.701. The van der Waals surface area contributed by atoms with Gasteiger partial charge in [0, 0.05) is 13.1 Å². The highest BCUT2D eigenvalue weighted by molar-refractivity contribution is 5.75. The number of H-pyrrole nitrogens is 1. The molecule has 2 rings (SSSR count). The summed E-state index contributed by atoms with van der Waals surface area (Å²) in [5.41, 5.74) is 3.09. The van der Waals surface area contributed by atoms with Gasteiger partial charge < -0.3 is 20.5 Å². The van der Waals surface area contributed by atoms with Gasteiger partial charge in [0.05, 0.1) is 23.7 Å². The van der Waals surface area contributed by atoms with Crippen LogP contribution in [0.5, 0.6) is 0 Å². The predicted molar refractivity (Wildman–Crippen MR) is 65.6 cm³/mol. The highest BCUT2D eigenvalue weighted by Crippen LogP contribution is 2.13. The first-order valence-electron chi connectivity index (χ1n) is 5.64. The van der Waals surface area contributed by atoms with E-state index >= 15 is 0 Å². The van der Waals surface area contributed by atoms with Crippen LogP contribution in [0.1, 0.15) is 11.4 Å². The van der Waals surface area contributed by atoms with Crippen molar-refractivity contribution >= 4 is 11.0 Å². The number of aliphatic hydroxyl groups excluding tert-OH is 2. The van der Waals surface area contributed by atoms with Crippen LogP contribution in [0, 0.1) is 6.92 Å². The van der Waals surface area contributed by atoms with Crippen molar-refractivity contribution in [2.24, 2.45) is 0 Å². The molecule has 0 aliphatic rings. The minimum Gasteiger partial charge on any atom is -0.394 e. The molecule has 0 saturated heterocycles. The molecule has 0 aliphatic carbocycles. The lowest BCUT2D eigenvalue weighted by Gasteiger charge is -2.08. The first-order chi connectivity index (χ1) is 8.19. The van der Waals surface area contributed by atoms with Crippen molar-refractivity contribution in [2.75, 3.05) is 13.2 Å². The third-order valence-electron chi connectivity index (χ3n) is 2.58. The fraction of sp³-hybridized carbons (Fsp3) is 0.417. The number of hydrogen-bond donors (Lipinski definition) is 4. The maximum absolute atomic E-state index is 9.18. The standard InChI is InChI=1S/C12H17N3O2/c1-8-14-11-3-2-9(4-12(11)15-8)5-13-6-10(17)7-16/h2-4,10,13,16-17H,5-7H2,1H3,(H,14,15). The first-order valence-corrected chi connectivity index (χ1v) is 5.64. The van der Waals surface area contributed by atoms with Gasteiger partial charge in [-0.2, -0.15) is 0 Å². The van der Waals surface area contributed by atoms with Crippen LogP contribution in [0.15, 0.2) is 18.2 Å². The molecule has 5 heteroatoms. The van der Waals surface area contributed by atoms with Crippen molar-refractivity contribution in [3.63, 3.8) is 0 Å². The SMILES string of the molecule is Cc1nc2ccc(CNCC(O)CO)cc2[nH]1. The molecule has 0 amide bonds. The van der Waals surface area contributed by atoms with Crippen LogP contribution in [-0.2, 0) is 6.54 Å². The fourth-order valence-electron chi connectivity index (χ4n) is 1.74. The molecule has 1 heterocycles. The van der Waals surface area contributed by atoms with Gasteiger partial charge in [0.2, 0.25) is 0 Å². The highest BCUT2D eigenvalue weighted by Gasteiger charge is 2.03. The maximum Gasteiger partial charge on any atom is 0.104 e. The fourth-order valence-corrected chi connectivity index (χ4v) is 1.74. The zero-order chi connectivity index (χ0) is 12.3. The molecule has 0 spiro atoms. The molecule has 5 nitrogen and oxygen atoms in total. The molecule has 1 aromatic heterocycles. The normalized spacial score (nSPS) is 13.1. The number of hydrogen-bond acceptors (Lipinski definition) is 4. The zero-order valence-electron chi connectivity index (χ0n) is 9.77. The molecule has 0 aliphatic heterocycles. The molecule has 1 unspecified atom stereocenters. The summed E-state index contributed by atoms with van der Waals surface area (Å²) in [5.74, 6) is 0.904. The summed E-state index contributed by atoms with van der Waals surface area (Å²) in [6.07, 6.45) is -0.701. The van der Waals surface area contributed by atoms with Gasteiger partial charge in [0.15, 0.2) is 0 Å². The number of aliphatic hydroxyl groups is 2. The molecule has 2 aromatic rings. The van der Waals surface area contributed by atoms with E-state index in [0.717, 1.165) is 22.4 Å². The molecule has 92 valence electrons. The van der Waals surface area contributed by atoms with Crippen LogP contribution in [0.2, 0.25) is 0 Å². The summed E-state index contributed by atoms with van der Waals surface area (Å²) < 4.78 is 0. The van der Waals surface area contributed by atoms with E-state index in [9.17, 15) is 5.11 Å². The quantitative estimate of drug-likeness (QED) is 0.601. The Morgan fingerprint density at radius 2 is 2.29 bits per heavy atom. The number of nitrogens with zero attached hydrogens (tertiary/aromatic N) is 1. The third kappa shape index (κ3) is 3.03. The highest BCUT2D eigenvalue weighted by atomic mass is 16.3. The van der Waals surface area contributed by atoms with Gasteiger partial charge in [-0.25, -0.2) is 4.98 Å². The van der Waals surface area contributed by atoms with E-state index < -0.39 is 6.10 Å². The van der Waals surface area contributed by atoms with Crippen molar-refractivity contribution < 1.29 is 10.2 Å². The van der Waals surface area contributed by atoms with E-state index in [2.05, 4.69) is 15.3 Å². The monoisotopic (exact) mass is 235 g/mol. The van der Waals surface area contributed by atoms with Crippen LogP contribution in [-0.4, -0.2) is 39.4 Å².